The van der Waals surface area contributed by atoms with E-state index in [0.717, 1.165) is 67.2 Å². The van der Waals surface area contributed by atoms with Gasteiger partial charge in [-0.25, -0.2) is 4.99 Å². The molecule has 8 nitrogen and oxygen atoms in total. The van der Waals surface area contributed by atoms with Crippen LogP contribution >= 0.6 is 0 Å². The molecule has 0 aliphatic carbocycles. The SMILES string of the molecule is CN(C(=O)CNCCN1CCOCC1)c1ccc(N=C(c2ccccc2)c2c(O)[nH]c3ccccc23)cc1. The molecule has 196 valence electrons. The molecule has 1 amide bonds. The molecule has 0 unspecified atom stereocenters. The van der Waals surface area contributed by atoms with Crippen molar-refractivity contribution < 1.29 is 14.6 Å². The van der Waals surface area contributed by atoms with Crippen LogP contribution in [0, 0.1) is 0 Å². The summed E-state index contributed by atoms with van der Waals surface area (Å²) in [6.07, 6.45) is 0. The Morgan fingerprint density at radius 1 is 1.03 bits per heavy atom. The number of carbonyl (C=O) groups is 1. The zero-order valence-corrected chi connectivity index (χ0v) is 21.6. The third-order valence-electron chi connectivity index (χ3n) is 6.81. The number of morpholine rings is 1. The number of aromatic amines is 1. The molecule has 0 atom stereocenters. The predicted molar refractivity (Wildman–Crippen MR) is 152 cm³/mol. The molecular formula is C30H33N5O3. The lowest BCUT2D eigenvalue weighted by molar-refractivity contribution is -0.117. The molecule has 5 rings (SSSR count). The molecule has 8 heteroatoms. The molecule has 1 aliphatic heterocycles. The number of hydrogen-bond acceptors (Lipinski definition) is 6. The molecule has 1 aliphatic rings. The van der Waals surface area contributed by atoms with Crippen LogP contribution in [0.1, 0.15) is 11.1 Å². The van der Waals surface area contributed by atoms with Gasteiger partial charge in [0.15, 0.2) is 5.88 Å². The van der Waals surface area contributed by atoms with Crippen LogP contribution in [0.2, 0.25) is 0 Å². The summed E-state index contributed by atoms with van der Waals surface area (Å²) >= 11 is 0. The van der Waals surface area contributed by atoms with Crippen molar-refractivity contribution >= 4 is 33.9 Å². The lowest BCUT2D eigenvalue weighted by Gasteiger charge is -2.26. The summed E-state index contributed by atoms with van der Waals surface area (Å²) in [7, 11) is 1.78. The maximum absolute atomic E-state index is 12.7. The Morgan fingerprint density at radius 3 is 2.50 bits per heavy atom. The standard InChI is InChI=1S/C30H33N5O3/c1-34(27(36)21-31-15-16-35-17-19-38-20-18-35)24-13-11-23(12-14-24)32-29(22-7-3-2-4-8-22)28-25-9-5-6-10-26(25)33-30(28)37/h2-14,31,33,37H,15-21H2,1H3. The third kappa shape index (κ3) is 5.94. The van der Waals surface area contributed by atoms with E-state index in [1.807, 2.05) is 78.9 Å². The lowest BCUT2D eigenvalue weighted by Crippen LogP contribution is -2.42. The fourth-order valence-corrected chi connectivity index (χ4v) is 4.63. The van der Waals surface area contributed by atoms with E-state index in [0.29, 0.717) is 11.3 Å². The molecule has 0 radical (unpaired) electrons. The van der Waals surface area contributed by atoms with Crippen LogP contribution < -0.4 is 10.2 Å². The highest BCUT2D eigenvalue weighted by molar-refractivity contribution is 6.21. The second-order valence-corrected chi connectivity index (χ2v) is 9.32. The molecule has 0 bridgehead atoms. The largest absolute Gasteiger partial charge is 0.494 e. The number of carbonyl (C=O) groups excluding carboxylic acids is 1. The van der Waals surface area contributed by atoms with Gasteiger partial charge in [-0.15, -0.1) is 0 Å². The van der Waals surface area contributed by atoms with E-state index >= 15 is 0 Å². The molecule has 1 fully saturated rings. The summed E-state index contributed by atoms with van der Waals surface area (Å²) in [5, 5.41) is 14.9. The second-order valence-electron chi connectivity index (χ2n) is 9.32. The zero-order valence-electron chi connectivity index (χ0n) is 21.6. The number of ether oxygens (including phenoxy) is 1. The fraction of sp³-hybridized carbons (Fsp3) is 0.267. The lowest BCUT2D eigenvalue weighted by atomic mass is 10.0. The molecule has 2 heterocycles. The van der Waals surface area contributed by atoms with E-state index in [1.54, 1.807) is 11.9 Å². The number of aromatic hydroxyl groups is 1. The van der Waals surface area contributed by atoms with Crippen LogP contribution in [0.3, 0.4) is 0 Å². The van der Waals surface area contributed by atoms with E-state index in [1.165, 1.54) is 0 Å². The number of benzene rings is 3. The number of H-pyrrole nitrogens is 1. The Kier molecular flexibility index (Phi) is 8.13. The van der Waals surface area contributed by atoms with Crippen molar-refractivity contribution in [3.8, 4) is 5.88 Å². The Labute approximate surface area is 222 Å². The molecule has 1 aromatic heterocycles. The summed E-state index contributed by atoms with van der Waals surface area (Å²) in [5.74, 6) is 0.0776. The number of hydrogen-bond donors (Lipinski definition) is 3. The number of para-hydroxylation sites is 1. The first kappa shape index (κ1) is 25.7. The maximum atomic E-state index is 12.7. The fourth-order valence-electron chi connectivity index (χ4n) is 4.63. The number of nitrogens with one attached hydrogen (secondary N) is 2. The number of fused-ring (bicyclic) bond motifs is 1. The van der Waals surface area contributed by atoms with E-state index in [4.69, 9.17) is 9.73 Å². The van der Waals surface area contributed by atoms with Crippen LogP contribution in [0.15, 0.2) is 83.9 Å². The number of aliphatic imine (C=N–C) groups is 1. The van der Waals surface area contributed by atoms with Crippen molar-refractivity contribution in [3.63, 3.8) is 0 Å². The molecule has 1 saturated heterocycles. The first-order valence-corrected chi connectivity index (χ1v) is 12.9. The first-order valence-electron chi connectivity index (χ1n) is 12.9. The van der Waals surface area contributed by atoms with Gasteiger partial charge in [0, 0.05) is 55.4 Å². The third-order valence-corrected chi connectivity index (χ3v) is 6.81. The quantitative estimate of drug-likeness (QED) is 0.234. The van der Waals surface area contributed by atoms with E-state index < -0.39 is 0 Å². The Bertz CT molecular complexity index is 1390. The number of aromatic nitrogens is 1. The Hall–Kier alpha value is -3.98. The van der Waals surface area contributed by atoms with Crippen LogP contribution in [0.25, 0.3) is 10.9 Å². The van der Waals surface area contributed by atoms with Crippen LogP contribution in [0.5, 0.6) is 5.88 Å². The van der Waals surface area contributed by atoms with Gasteiger partial charge in [0.05, 0.1) is 36.7 Å². The van der Waals surface area contributed by atoms with Gasteiger partial charge < -0.3 is 25.0 Å². The van der Waals surface area contributed by atoms with Crippen molar-refractivity contribution in [2.45, 2.75) is 0 Å². The van der Waals surface area contributed by atoms with Gasteiger partial charge in [0.1, 0.15) is 0 Å². The van der Waals surface area contributed by atoms with E-state index in [-0.39, 0.29) is 18.3 Å². The smallest absolute Gasteiger partial charge is 0.240 e. The minimum absolute atomic E-state index is 0.00285. The average molecular weight is 512 g/mol. The summed E-state index contributed by atoms with van der Waals surface area (Å²) in [5.41, 5.74) is 4.58. The maximum Gasteiger partial charge on any atom is 0.240 e. The number of amides is 1. The Balaban J connectivity index is 1.30. The van der Waals surface area contributed by atoms with Gasteiger partial charge in [-0.05, 0) is 30.3 Å². The molecule has 0 spiro atoms. The van der Waals surface area contributed by atoms with Crippen molar-refractivity contribution in [2.24, 2.45) is 4.99 Å². The van der Waals surface area contributed by atoms with Crippen molar-refractivity contribution in [2.75, 3.05) is 57.9 Å². The molecule has 3 aromatic carbocycles. The number of nitrogens with zero attached hydrogens (tertiary/aromatic N) is 3. The monoisotopic (exact) mass is 511 g/mol. The van der Waals surface area contributed by atoms with Gasteiger partial charge in [-0.2, -0.15) is 0 Å². The van der Waals surface area contributed by atoms with Gasteiger partial charge in [0.25, 0.3) is 0 Å². The highest BCUT2D eigenvalue weighted by atomic mass is 16.5. The topological polar surface area (TPSA) is 93.2 Å². The van der Waals surface area contributed by atoms with E-state index in [9.17, 15) is 9.90 Å². The average Bonchev–Trinajstić information content (AvgIpc) is 3.30. The summed E-state index contributed by atoms with van der Waals surface area (Å²) in [6, 6.07) is 25.2. The second kappa shape index (κ2) is 12.0. The van der Waals surface area contributed by atoms with Gasteiger partial charge in [0.2, 0.25) is 5.91 Å². The first-order chi connectivity index (χ1) is 18.6. The van der Waals surface area contributed by atoms with E-state index in [2.05, 4.69) is 15.2 Å². The van der Waals surface area contributed by atoms with Crippen LogP contribution in [-0.2, 0) is 9.53 Å². The van der Waals surface area contributed by atoms with Crippen LogP contribution in [-0.4, -0.2) is 79.6 Å². The summed E-state index contributed by atoms with van der Waals surface area (Å²) < 4.78 is 5.37. The molecule has 0 saturated carbocycles. The number of likely N-dealkylation sites (N-methyl/N-ethyl adjacent to an activating group) is 1. The highest BCUT2D eigenvalue weighted by Crippen LogP contribution is 2.31. The Morgan fingerprint density at radius 2 is 1.74 bits per heavy atom. The van der Waals surface area contributed by atoms with Crippen molar-refractivity contribution in [1.29, 1.82) is 0 Å². The zero-order chi connectivity index (χ0) is 26.3. The summed E-state index contributed by atoms with van der Waals surface area (Å²) in [6.45, 7) is 5.37. The minimum Gasteiger partial charge on any atom is -0.494 e. The predicted octanol–water partition coefficient (Wildman–Crippen LogP) is 3.93. The molecule has 3 N–H and O–H groups in total. The molecule has 38 heavy (non-hydrogen) atoms. The van der Waals surface area contributed by atoms with Crippen LogP contribution in [0.4, 0.5) is 11.4 Å². The van der Waals surface area contributed by atoms with Gasteiger partial charge >= 0.3 is 0 Å². The van der Waals surface area contributed by atoms with Gasteiger partial charge in [-0.1, -0.05) is 48.5 Å². The van der Waals surface area contributed by atoms with Gasteiger partial charge in [-0.3, -0.25) is 9.69 Å². The van der Waals surface area contributed by atoms with Crippen molar-refractivity contribution in [1.82, 2.24) is 15.2 Å². The number of rotatable bonds is 9. The summed E-state index contributed by atoms with van der Waals surface area (Å²) in [4.78, 5) is 24.7. The molecule has 4 aromatic rings. The highest BCUT2D eigenvalue weighted by Gasteiger charge is 2.18. The van der Waals surface area contributed by atoms with Crippen molar-refractivity contribution in [3.05, 3.63) is 90.0 Å². The molecular weight excluding hydrogens is 478 g/mol. The number of anilines is 1. The minimum atomic E-state index is -0.00285. The normalized spacial score (nSPS) is 14.6.